The van der Waals surface area contributed by atoms with Crippen LogP contribution in [0.1, 0.15) is 19.3 Å². The number of hydrogen-bond donors (Lipinski definition) is 3. The Labute approximate surface area is 132 Å². The van der Waals surface area contributed by atoms with Gasteiger partial charge in [-0.3, -0.25) is 4.79 Å². The second kappa shape index (κ2) is 8.89. The minimum absolute atomic E-state index is 0. The second-order valence-electron chi connectivity index (χ2n) is 5.32. The number of rotatable bonds is 7. The molecule has 1 amide bonds. The topological polar surface area (TPSA) is 96.5 Å². The highest BCUT2D eigenvalue weighted by Gasteiger charge is 2.23. The smallest absolute Gasteiger partial charge is 0.250 e. The molecule has 3 N–H and O–H groups in total. The number of hydrogen-bond acceptors (Lipinski definition) is 5. The summed E-state index contributed by atoms with van der Waals surface area (Å²) in [5.41, 5.74) is 0. The molecule has 0 radical (unpaired) electrons. The number of halogens is 1. The molecule has 0 aromatic rings. The van der Waals surface area contributed by atoms with Crippen molar-refractivity contribution in [3.05, 3.63) is 0 Å². The third-order valence-corrected chi connectivity index (χ3v) is 5.05. The number of carbonyl (C=O) groups excluding carboxylic acids is 1. The molecule has 2 fully saturated rings. The number of amides is 1. The number of ether oxygens (including phenoxy) is 1. The summed E-state index contributed by atoms with van der Waals surface area (Å²) in [5.74, 6) is 0.137. The fourth-order valence-electron chi connectivity index (χ4n) is 2.17. The monoisotopic (exact) mass is 341 g/mol. The summed E-state index contributed by atoms with van der Waals surface area (Å²) >= 11 is 0. The van der Waals surface area contributed by atoms with Gasteiger partial charge < -0.3 is 15.4 Å². The van der Waals surface area contributed by atoms with Gasteiger partial charge in [-0.2, -0.15) is 0 Å². The van der Waals surface area contributed by atoms with E-state index in [1.165, 1.54) is 6.42 Å². The first-order chi connectivity index (χ1) is 9.57. The highest BCUT2D eigenvalue weighted by atomic mass is 35.5. The first-order valence-corrected chi connectivity index (χ1v) is 8.79. The highest BCUT2D eigenvalue weighted by Crippen LogP contribution is 2.25. The molecule has 1 aliphatic carbocycles. The lowest BCUT2D eigenvalue weighted by Crippen LogP contribution is -2.49. The lowest BCUT2D eigenvalue weighted by Gasteiger charge is -2.25. The van der Waals surface area contributed by atoms with Crippen LogP contribution in [0.4, 0.5) is 0 Å². The fourth-order valence-corrected chi connectivity index (χ4v) is 3.17. The van der Waals surface area contributed by atoms with Crippen molar-refractivity contribution >= 4 is 28.3 Å². The van der Waals surface area contributed by atoms with E-state index in [2.05, 4.69) is 15.4 Å². The van der Waals surface area contributed by atoms with Gasteiger partial charge in [0.2, 0.25) is 15.9 Å². The summed E-state index contributed by atoms with van der Waals surface area (Å²) < 4.78 is 31.3. The number of carbonyl (C=O) groups is 1. The zero-order valence-electron chi connectivity index (χ0n) is 12.0. The van der Waals surface area contributed by atoms with E-state index < -0.39 is 16.1 Å². The van der Waals surface area contributed by atoms with Gasteiger partial charge in [0, 0.05) is 26.2 Å². The zero-order valence-corrected chi connectivity index (χ0v) is 13.6. The maximum Gasteiger partial charge on any atom is 0.250 e. The van der Waals surface area contributed by atoms with Crippen LogP contribution in [-0.2, 0) is 19.6 Å². The van der Waals surface area contributed by atoms with Gasteiger partial charge in [0.25, 0.3) is 0 Å². The van der Waals surface area contributed by atoms with E-state index in [1.54, 1.807) is 0 Å². The summed E-state index contributed by atoms with van der Waals surface area (Å²) in [6.45, 7) is 2.34. The molecular weight excluding hydrogens is 318 g/mol. The first kappa shape index (κ1) is 18.6. The van der Waals surface area contributed by atoms with Crippen LogP contribution in [0.2, 0.25) is 0 Å². The number of sulfonamides is 1. The summed E-state index contributed by atoms with van der Waals surface area (Å²) in [4.78, 5) is 11.7. The predicted octanol–water partition coefficient (Wildman–Crippen LogP) is -0.768. The molecule has 0 bridgehead atoms. The van der Waals surface area contributed by atoms with Crippen molar-refractivity contribution in [1.82, 2.24) is 15.4 Å². The standard InChI is InChI=1S/C12H23N3O4S.ClH/c16-12(11-9-13-4-6-19-11)14-5-7-20(17,18)15-8-10-2-1-3-10;/h10-11,13,15H,1-9H2,(H,14,16);1H. The molecular formula is C12H24ClN3O4S. The normalized spacial score (nSPS) is 23.0. The third kappa shape index (κ3) is 6.48. The van der Waals surface area contributed by atoms with Gasteiger partial charge in [0.15, 0.2) is 0 Å². The van der Waals surface area contributed by atoms with E-state index in [1.807, 2.05) is 0 Å². The molecule has 2 aliphatic rings. The van der Waals surface area contributed by atoms with E-state index in [0.717, 1.165) is 19.4 Å². The van der Waals surface area contributed by atoms with E-state index in [-0.39, 0.29) is 30.6 Å². The summed E-state index contributed by atoms with van der Waals surface area (Å²) in [6, 6.07) is 0. The van der Waals surface area contributed by atoms with Crippen molar-refractivity contribution in [3.8, 4) is 0 Å². The molecule has 7 nitrogen and oxygen atoms in total. The quantitative estimate of drug-likeness (QED) is 0.565. The molecule has 124 valence electrons. The van der Waals surface area contributed by atoms with E-state index in [0.29, 0.717) is 25.6 Å². The van der Waals surface area contributed by atoms with Crippen molar-refractivity contribution in [2.45, 2.75) is 25.4 Å². The number of nitrogens with one attached hydrogen (secondary N) is 3. The van der Waals surface area contributed by atoms with E-state index in [9.17, 15) is 13.2 Å². The van der Waals surface area contributed by atoms with E-state index >= 15 is 0 Å². The second-order valence-corrected chi connectivity index (χ2v) is 7.25. The average molecular weight is 342 g/mol. The molecule has 0 aromatic heterocycles. The van der Waals surface area contributed by atoms with Gasteiger partial charge >= 0.3 is 0 Å². The lowest BCUT2D eigenvalue weighted by molar-refractivity contribution is -0.134. The molecule has 0 spiro atoms. The van der Waals surface area contributed by atoms with Gasteiger partial charge in [0.1, 0.15) is 6.10 Å². The Bertz CT molecular complexity index is 422. The molecule has 2 rings (SSSR count). The van der Waals surface area contributed by atoms with Crippen molar-refractivity contribution in [2.24, 2.45) is 5.92 Å². The minimum Gasteiger partial charge on any atom is -0.366 e. The largest absolute Gasteiger partial charge is 0.366 e. The Kier molecular flexibility index (Phi) is 7.89. The fraction of sp³-hybridized carbons (Fsp3) is 0.917. The first-order valence-electron chi connectivity index (χ1n) is 7.14. The van der Waals surface area contributed by atoms with Crippen molar-refractivity contribution < 1.29 is 17.9 Å². The maximum absolute atomic E-state index is 11.7. The molecule has 1 saturated carbocycles. The summed E-state index contributed by atoms with van der Waals surface area (Å²) in [6.07, 6.45) is 2.88. The van der Waals surface area contributed by atoms with Gasteiger partial charge in [0.05, 0.1) is 12.4 Å². The average Bonchev–Trinajstić information content (AvgIpc) is 2.37. The molecule has 1 saturated heterocycles. The van der Waals surface area contributed by atoms with Crippen LogP contribution in [-0.4, -0.2) is 59.0 Å². The third-order valence-electron chi connectivity index (χ3n) is 3.71. The van der Waals surface area contributed by atoms with Crippen LogP contribution in [0.15, 0.2) is 0 Å². The predicted molar refractivity (Wildman–Crippen MR) is 82.0 cm³/mol. The number of morpholine rings is 1. The van der Waals surface area contributed by atoms with Crippen LogP contribution in [0.25, 0.3) is 0 Å². The van der Waals surface area contributed by atoms with Gasteiger partial charge in [-0.05, 0) is 18.8 Å². The van der Waals surface area contributed by atoms with Gasteiger partial charge in [-0.1, -0.05) is 6.42 Å². The van der Waals surface area contributed by atoms with Crippen LogP contribution in [0.3, 0.4) is 0 Å². The van der Waals surface area contributed by atoms with Gasteiger partial charge in [-0.25, -0.2) is 13.1 Å². The molecule has 0 aromatic carbocycles. The van der Waals surface area contributed by atoms with Crippen molar-refractivity contribution in [2.75, 3.05) is 38.5 Å². The Morgan fingerprint density at radius 1 is 1.33 bits per heavy atom. The Balaban J connectivity index is 0.00000220. The Hall–Kier alpha value is -0.410. The Morgan fingerprint density at radius 2 is 2.10 bits per heavy atom. The minimum atomic E-state index is -3.30. The molecule has 1 atom stereocenters. The van der Waals surface area contributed by atoms with Crippen molar-refractivity contribution in [1.29, 1.82) is 0 Å². The molecule has 1 unspecified atom stereocenters. The van der Waals surface area contributed by atoms with Crippen LogP contribution in [0.5, 0.6) is 0 Å². The van der Waals surface area contributed by atoms with Gasteiger partial charge in [-0.15, -0.1) is 12.4 Å². The van der Waals surface area contributed by atoms with Crippen LogP contribution in [0, 0.1) is 5.92 Å². The molecule has 1 heterocycles. The Morgan fingerprint density at radius 3 is 2.67 bits per heavy atom. The highest BCUT2D eigenvalue weighted by molar-refractivity contribution is 7.89. The molecule has 9 heteroatoms. The van der Waals surface area contributed by atoms with E-state index in [4.69, 9.17) is 4.74 Å². The maximum atomic E-state index is 11.7. The van der Waals surface area contributed by atoms with Crippen LogP contribution >= 0.6 is 12.4 Å². The molecule has 1 aliphatic heterocycles. The van der Waals surface area contributed by atoms with Crippen LogP contribution < -0.4 is 15.4 Å². The SMILES string of the molecule is Cl.O=C(NCCS(=O)(=O)NCC1CCC1)C1CNCCO1. The zero-order chi connectivity index (χ0) is 14.4. The summed E-state index contributed by atoms with van der Waals surface area (Å²) in [5, 5.41) is 5.65. The molecule has 21 heavy (non-hydrogen) atoms. The summed E-state index contributed by atoms with van der Waals surface area (Å²) in [7, 11) is -3.30. The van der Waals surface area contributed by atoms with Crippen molar-refractivity contribution in [3.63, 3.8) is 0 Å². The lowest BCUT2D eigenvalue weighted by atomic mass is 9.86.